The van der Waals surface area contributed by atoms with Crippen LogP contribution >= 0.6 is 0 Å². The molecule has 100 valence electrons. The number of ether oxygens (including phenoxy) is 1. The van der Waals surface area contributed by atoms with Gasteiger partial charge in [-0.25, -0.2) is 0 Å². The fourth-order valence-electron chi connectivity index (χ4n) is 3.13. The van der Waals surface area contributed by atoms with Crippen molar-refractivity contribution >= 4 is 0 Å². The highest BCUT2D eigenvalue weighted by Gasteiger charge is 2.31. The maximum absolute atomic E-state index is 6.01. The van der Waals surface area contributed by atoms with Crippen LogP contribution in [-0.2, 0) is 4.74 Å². The lowest BCUT2D eigenvalue weighted by molar-refractivity contribution is 0.0896. The van der Waals surface area contributed by atoms with Crippen LogP contribution in [0.1, 0.15) is 41.7 Å². The molecule has 1 aliphatic heterocycles. The molecular formula is C16H25NO. The van der Waals surface area contributed by atoms with Gasteiger partial charge in [-0.3, -0.25) is 0 Å². The van der Waals surface area contributed by atoms with Crippen molar-refractivity contribution in [3.63, 3.8) is 0 Å². The molecule has 0 spiro atoms. The largest absolute Gasteiger partial charge is 0.373 e. The molecule has 0 bridgehead atoms. The first kappa shape index (κ1) is 13.6. The highest BCUT2D eigenvalue weighted by molar-refractivity contribution is 5.39. The van der Waals surface area contributed by atoms with Crippen molar-refractivity contribution < 1.29 is 4.74 Å². The SMILES string of the molecule is CCNCC1CCOC1c1c(C)cc(C)cc1C. The van der Waals surface area contributed by atoms with Gasteiger partial charge < -0.3 is 10.1 Å². The number of rotatable bonds is 4. The minimum absolute atomic E-state index is 0.282. The Kier molecular flexibility index (Phi) is 4.41. The summed E-state index contributed by atoms with van der Waals surface area (Å²) in [5.41, 5.74) is 5.51. The van der Waals surface area contributed by atoms with Crippen LogP contribution in [0.4, 0.5) is 0 Å². The Labute approximate surface area is 111 Å². The van der Waals surface area contributed by atoms with Crippen LogP contribution in [-0.4, -0.2) is 19.7 Å². The van der Waals surface area contributed by atoms with Crippen LogP contribution < -0.4 is 5.32 Å². The van der Waals surface area contributed by atoms with Crippen molar-refractivity contribution in [3.05, 3.63) is 34.4 Å². The lowest BCUT2D eigenvalue weighted by Crippen LogP contribution is -2.25. The van der Waals surface area contributed by atoms with E-state index in [2.05, 4.69) is 45.1 Å². The first-order valence-electron chi connectivity index (χ1n) is 7.03. The summed E-state index contributed by atoms with van der Waals surface area (Å²) in [6, 6.07) is 4.54. The predicted molar refractivity (Wildman–Crippen MR) is 76.0 cm³/mol. The molecule has 0 saturated carbocycles. The molecule has 2 unspecified atom stereocenters. The zero-order valence-electron chi connectivity index (χ0n) is 12.0. The van der Waals surface area contributed by atoms with Crippen molar-refractivity contribution in [3.8, 4) is 0 Å². The lowest BCUT2D eigenvalue weighted by Gasteiger charge is -2.23. The highest BCUT2D eigenvalue weighted by atomic mass is 16.5. The van der Waals surface area contributed by atoms with Crippen LogP contribution in [0.3, 0.4) is 0 Å². The summed E-state index contributed by atoms with van der Waals surface area (Å²) in [6.45, 7) is 11.7. The van der Waals surface area contributed by atoms with Gasteiger partial charge >= 0.3 is 0 Å². The predicted octanol–water partition coefficient (Wildman–Crippen LogP) is 3.30. The van der Waals surface area contributed by atoms with Gasteiger partial charge in [0.1, 0.15) is 0 Å². The third kappa shape index (κ3) is 2.76. The first-order chi connectivity index (χ1) is 8.63. The normalized spacial score (nSPS) is 23.6. The summed E-state index contributed by atoms with van der Waals surface area (Å²) >= 11 is 0. The third-order valence-electron chi connectivity index (χ3n) is 3.89. The van der Waals surface area contributed by atoms with E-state index in [9.17, 15) is 0 Å². The van der Waals surface area contributed by atoms with Gasteiger partial charge in [-0.1, -0.05) is 24.6 Å². The van der Waals surface area contributed by atoms with Gasteiger partial charge in [0.05, 0.1) is 6.10 Å². The molecule has 2 nitrogen and oxygen atoms in total. The van der Waals surface area contributed by atoms with Gasteiger partial charge in [0.15, 0.2) is 0 Å². The third-order valence-corrected chi connectivity index (χ3v) is 3.89. The highest BCUT2D eigenvalue weighted by Crippen LogP contribution is 2.37. The van der Waals surface area contributed by atoms with E-state index in [4.69, 9.17) is 4.74 Å². The summed E-state index contributed by atoms with van der Waals surface area (Å²) in [7, 11) is 0. The van der Waals surface area contributed by atoms with E-state index in [1.165, 1.54) is 28.7 Å². The van der Waals surface area contributed by atoms with Crippen molar-refractivity contribution in [2.45, 2.75) is 40.2 Å². The topological polar surface area (TPSA) is 21.3 Å². The van der Waals surface area contributed by atoms with Crippen molar-refractivity contribution in [1.82, 2.24) is 5.32 Å². The molecule has 0 radical (unpaired) electrons. The molecule has 1 N–H and O–H groups in total. The van der Waals surface area contributed by atoms with E-state index >= 15 is 0 Å². The number of nitrogens with one attached hydrogen (secondary N) is 1. The van der Waals surface area contributed by atoms with Gasteiger partial charge in [0.25, 0.3) is 0 Å². The van der Waals surface area contributed by atoms with E-state index in [-0.39, 0.29) is 6.10 Å². The quantitative estimate of drug-likeness (QED) is 0.881. The Balaban J connectivity index is 2.24. The summed E-state index contributed by atoms with van der Waals surface area (Å²) in [5.74, 6) is 0.616. The van der Waals surface area contributed by atoms with Gasteiger partial charge in [0, 0.05) is 19.1 Å². The van der Waals surface area contributed by atoms with E-state index in [1.807, 2.05) is 0 Å². The second kappa shape index (κ2) is 5.85. The van der Waals surface area contributed by atoms with Gasteiger partial charge in [-0.15, -0.1) is 0 Å². The van der Waals surface area contributed by atoms with Crippen LogP contribution in [0.25, 0.3) is 0 Å². The van der Waals surface area contributed by atoms with Crippen molar-refractivity contribution in [2.75, 3.05) is 19.7 Å². The molecule has 2 rings (SSSR count). The molecule has 1 heterocycles. The second-order valence-electron chi connectivity index (χ2n) is 5.46. The first-order valence-corrected chi connectivity index (χ1v) is 7.03. The van der Waals surface area contributed by atoms with Gasteiger partial charge in [-0.2, -0.15) is 0 Å². The van der Waals surface area contributed by atoms with Gasteiger partial charge in [-0.05, 0) is 50.4 Å². The minimum atomic E-state index is 0.282. The molecule has 2 heteroatoms. The van der Waals surface area contributed by atoms with Crippen LogP contribution in [0.2, 0.25) is 0 Å². The van der Waals surface area contributed by atoms with Crippen molar-refractivity contribution in [2.24, 2.45) is 5.92 Å². The van der Waals surface area contributed by atoms with Crippen LogP contribution in [0, 0.1) is 26.7 Å². The Morgan fingerprint density at radius 2 is 1.89 bits per heavy atom. The maximum Gasteiger partial charge on any atom is 0.0871 e. The molecule has 1 saturated heterocycles. The minimum Gasteiger partial charge on any atom is -0.373 e. The Morgan fingerprint density at radius 3 is 2.50 bits per heavy atom. The standard InChI is InChI=1S/C16H25NO/c1-5-17-10-14-6-7-18-16(14)15-12(3)8-11(2)9-13(15)4/h8-9,14,16-17H,5-7,10H2,1-4H3. The molecule has 0 aliphatic carbocycles. The number of hydrogen-bond donors (Lipinski definition) is 1. The smallest absolute Gasteiger partial charge is 0.0871 e. The molecule has 18 heavy (non-hydrogen) atoms. The Morgan fingerprint density at radius 1 is 1.22 bits per heavy atom. The lowest BCUT2D eigenvalue weighted by atomic mass is 9.88. The van der Waals surface area contributed by atoms with E-state index < -0.39 is 0 Å². The van der Waals surface area contributed by atoms with Gasteiger partial charge in [0.2, 0.25) is 0 Å². The summed E-state index contributed by atoms with van der Waals surface area (Å²) in [6.07, 6.45) is 1.45. The summed E-state index contributed by atoms with van der Waals surface area (Å²) in [4.78, 5) is 0. The maximum atomic E-state index is 6.01. The second-order valence-corrected chi connectivity index (χ2v) is 5.46. The summed E-state index contributed by atoms with van der Waals surface area (Å²) in [5, 5.41) is 3.46. The zero-order chi connectivity index (χ0) is 13.1. The molecule has 2 atom stereocenters. The van der Waals surface area contributed by atoms with E-state index in [1.54, 1.807) is 0 Å². The molecule has 0 aromatic heterocycles. The summed E-state index contributed by atoms with van der Waals surface area (Å²) < 4.78 is 6.01. The monoisotopic (exact) mass is 247 g/mol. The number of benzene rings is 1. The Bertz CT molecular complexity index is 391. The molecular weight excluding hydrogens is 222 g/mol. The van der Waals surface area contributed by atoms with Crippen LogP contribution in [0.5, 0.6) is 0 Å². The van der Waals surface area contributed by atoms with E-state index in [0.717, 1.165) is 19.7 Å². The zero-order valence-corrected chi connectivity index (χ0v) is 12.0. The molecule has 1 fully saturated rings. The molecule has 1 aromatic carbocycles. The average molecular weight is 247 g/mol. The number of hydrogen-bond acceptors (Lipinski definition) is 2. The fourth-order valence-corrected chi connectivity index (χ4v) is 3.13. The molecule has 0 amide bonds. The van der Waals surface area contributed by atoms with Crippen molar-refractivity contribution in [1.29, 1.82) is 0 Å². The molecule has 1 aromatic rings. The fraction of sp³-hybridized carbons (Fsp3) is 0.625. The van der Waals surface area contributed by atoms with Crippen LogP contribution in [0.15, 0.2) is 12.1 Å². The Hall–Kier alpha value is -0.860. The van der Waals surface area contributed by atoms with E-state index in [0.29, 0.717) is 5.92 Å². The average Bonchev–Trinajstić information content (AvgIpc) is 2.73. The molecule has 1 aliphatic rings. The number of aryl methyl sites for hydroxylation is 3.